The van der Waals surface area contributed by atoms with E-state index in [1.165, 1.54) is 13.4 Å². The van der Waals surface area contributed by atoms with Crippen molar-refractivity contribution in [2.24, 2.45) is 0 Å². The van der Waals surface area contributed by atoms with Crippen LogP contribution in [0.1, 0.15) is 29.8 Å². The van der Waals surface area contributed by atoms with Crippen LogP contribution in [0.15, 0.2) is 21.2 Å². The van der Waals surface area contributed by atoms with Crippen molar-refractivity contribution in [2.75, 3.05) is 7.11 Å². The van der Waals surface area contributed by atoms with Crippen molar-refractivity contribution in [2.45, 2.75) is 19.3 Å². The molecule has 0 unspecified atom stereocenters. The number of halogens is 1. The van der Waals surface area contributed by atoms with Gasteiger partial charge in [0, 0.05) is 18.9 Å². The fourth-order valence-electron chi connectivity index (χ4n) is 1.08. The van der Waals surface area contributed by atoms with Crippen LogP contribution in [-0.2, 0) is 9.53 Å². The van der Waals surface area contributed by atoms with Crippen LogP contribution in [0.3, 0.4) is 0 Å². The Morgan fingerprint density at radius 3 is 2.73 bits per heavy atom. The highest BCUT2D eigenvalue weighted by Crippen LogP contribution is 2.16. The van der Waals surface area contributed by atoms with Gasteiger partial charge in [-0.3, -0.25) is 9.59 Å². The number of esters is 1. The Morgan fingerprint density at radius 2 is 2.20 bits per heavy atom. The van der Waals surface area contributed by atoms with Crippen molar-refractivity contribution in [1.29, 1.82) is 0 Å². The number of ether oxygens (including phenoxy) is 1. The lowest BCUT2D eigenvalue weighted by Gasteiger charge is -1.97. The van der Waals surface area contributed by atoms with Crippen molar-refractivity contribution in [3.8, 4) is 0 Å². The molecule has 5 heteroatoms. The second-order valence-electron chi connectivity index (χ2n) is 2.98. The molecule has 0 saturated carbocycles. The zero-order valence-corrected chi connectivity index (χ0v) is 9.87. The van der Waals surface area contributed by atoms with Gasteiger partial charge in [-0.2, -0.15) is 0 Å². The van der Waals surface area contributed by atoms with E-state index in [2.05, 4.69) is 20.7 Å². The maximum atomic E-state index is 11.5. The van der Waals surface area contributed by atoms with Crippen LogP contribution in [0.2, 0.25) is 0 Å². The van der Waals surface area contributed by atoms with Crippen molar-refractivity contribution in [3.05, 3.63) is 22.6 Å². The van der Waals surface area contributed by atoms with Gasteiger partial charge in [0.15, 0.2) is 11.5 Å². The molecule has 1 rings (SSSR count). The molecule has 0 aromatic carbocycles. The lowest BCUT2D eigenvalue weighted by Crippen LogP contribution is -2.02. The van der Waals surface area contributed by atoms with E-state index >= 15 is 0 Å². The van der Waals surface area contributed by atoms with Crippen LogP contribution >= 0.6 is 15.9 Å². The Labute approximate surface area is 95.7 Å². The number of carbonyl (C=O) groups excluding carboxylic acids is 2. The minimum Gasteiger partial charge on any atom is -0.469 e. The van der Waals surface area contributed by atoms with E-state index in [9.17, 15) is 9.59 Å². The Kier molecular flexibility index (Phi) is 4.55. The molecule has 0 aliphatic rings. The maximum absolute atomic E-state index is 11.5. The second kappa shape index (κ2) is 5.70. The topological polar surface area (TPSA) is 56.5 Å². The van der Waals surface area contributed by atoms with E-state index in [0.717, 1.165) is 4.47 Å². The first kappa shape index (κ1) is 12.0. The summed E-state index contributed by atoms with van der Waals surface area (Å²) in [6.07, 6.45) is 2.47. The monoisotopic (exact) mass is 274 g/mol. The Balaban J connectivity index is 2.34. The van der Waals surface area contributed by atoms with E-state index < -0.39 is 0 Å². The largest absolute Gasteiger partial charge is 0.469 e. The summed E-state index contributed by atoms with van der Waals surface area (Å²) in [5.74, 6) is -0.0974. The summed E-state index contributed by atoms with van der Waals surface area (Å²) in [4.78, 5) is 22.2. The molecule has 15 heavy (non-hydrogen) atoms. The number of hydrogen-bond donors (Lipinski definition) is 0. The molecule has 0 saturated heterocycles. The third-order valence-electron chi connectivity index (χ3n) is 1.85. The first-order valence-electron chi connectivity index (χ1n) is 4.47. The van der Waals surface area contributed by atoms with Gasteiger partial charge in [-0.1, -0.05) is 0 Å². The van der Waals surface area contributed by atoms with Crippen LogP contribution in [0, 0.1) is 0 Å². The molecule has 0 aliphatic carbocycles. The molecule has 0 amide bonds. The summed E-state index contributed by atoms with van der Waals surface area (Å²) >= 11 is 3.18. The molecule has 1 aromatic rings. The zero-order valence-electron chi connectivity index (χ0n) is 8.29. The SMILES string of the molecule is COC(=O)CCCC(=O)c1cc(Br)co1. The number of rotatable bonds is 5. The highest BCUT2D eigenvalue weighted by molar-refractivity contribution is 9.10. The van der Waals surface area contributed by atoms with Gasteiger partial charge in [0.25, 0.3) is 0 Å². The van der Waals surface area contributed by atoms with Crippen LogP contribution in [0.25, 0.3) is 0 Å². The van der Waals surface area contributed by atoms with Gasteiger partial charge in [0.2, 0.25) is 0 Å². The summed E-state index contributed by atoms with van der Waals surface area (Å²) in [5, 5.41) is 0. The molecule has 82 valence electrons. The highest BCUT2D eigenvalue weighted by atomic mass is 79.9. The summed E-state index contributed by atoms with van der Waals surface area (Å²) in [5.41, 5.74) is 0. The molecule has 4 nitrogen and oxygen atoms in total. The van der Waals surface area contributed by atoms with Crippen molar-refractivity contribution in [3.63, 3.8) is 0 Å². The lowest BCUT2D eigenvalue weighted by atomic mass is 10.1. The molecule has 0 atom stereocenters. The minimum atomic E-state index is -0.302. The average Bonchev–Trinajstić information content (AvgIpc) is 2.64. The standard InChI is InChI=1S/C10H11BrO4/c1-14-10(13)4-2-3-8(12)9-5-7(11)6-15-9/h5-6H,2-4H2,1H3. The van der Waals surface area contributed by atoms with E-state index in [0.29, 0.717) is 12.2 Å². The maximum Gasteiger partial charge on any atom is 0.305 e. The zero-order chi connectivity index (χ0) is 11.3. The van der Waals surface area contributed by atoms with Crippen molar-refractivity contribution >= 4 is 27.7 Å². The van der Waals surface area contributed by atoms with Gasteiger partial charge in [0.05, 0.1) is 11.6 Å². The lowest BCUT2D eigenvalue weighted by molar-refractivity contribution is -0.140. The smallest absolute Gasteiger partial charge is 0.305 e. The molecule has 0 fully saturated rings. The summed E-state index contributed by atoms with van der Waals surface area (Å²) in [7, 11) is 1.33. The first-order chi connectivity index (χ1) is 7.13. The number of ketones is 1. The summed E-state index contributed by atoms with van der Waals surface area (Å²) < 4.78 is 10.2. The van der Waals surface area contributed by atoms with Gasteiger partial charge in [-0.25, -0.2) is 0 Å². The first-order valence-corrected chi connectivity index (χ1v) is 5.27. The van der Waals surface area contributed by atoms with E-state index in [4.69, 9.17) is 4.42 Å². The van der Waals surface area contributed by atoms with Gasteiger partial charge in [-0.05, 0) is 22.4 Å². The third-order valence-corrected chi connectivity index (χ3v) is 2.27. The fourth-order valence-corrected chi connectivity index (χ4v) is 1.38. The van der Waals surface area contributed by atoms with Gasteiger partial charge >= 0.3 is 5.97 Å². The Bertz CT molecular complexity index is 356. The molecule has 0 radical (unpaired) electrons. The quantitative estimate of drug-likeness (QED) is 0.612. The van der Waals surface area contributed by atoms with Crippen LogP contribution < -0.4 is 0 Å². The molecule has 0 spiro atoms. The highest BCUT2D eigenvalue weighted by Gasteiger charge is 2.11. The number of Topliss-reactive ketones (excluding diaryl/α,β-unsaturated/α-hetero) is 1. The van der Waals surface area contributed by atoms with Crippen molar-refractivity contribution < 1.29 is 18.7 Å². The summed E-state index contributed by atoms with van der Waals surface area (Å²) in [6, 6.07) is 1.61. The van der Waals surface area contributed by atoms with Crippen LogP contribution in [-0.4, -0.2) is 18.9 Å². The van der Waals surface area contributed by atoms with Crippen molar-refractivity contribution in [1.82, 2.24) is 0 Å². The van der Waals surface area contributed by atoms with Crippen LogP contribution in [0.5, 0.6) is 0 Å². The minimum absolute atomic E-state index is 0.107. The Morgan fingerprint density at radius 1 is 1.47 bits per heavy atom. The van der Waals surface area contributed by atoms with E-state index in [1.807, 2.05) is 0 Å². The summed E-state index contributed by atoms with van der Waals surface area (Å²) in [6.45, 7) is 0. The van der Waals surface area contributed by atoms with Gasteiger partial charge in [-0.15, -0.1) is 0 Å². The average molecular weight is 275 g/mol. The van der Waals surface area contributed by atoms with Gasteiger partial charge in [0.1, 0.15) is 6.26 Å². The molecule has 0 aliphatic heterocycles. The second-order valence-corrected chi connectivity index (χ2v) is 3.90. The van der Waals surface area contributed by atoms with Gasteiger partial charge < -0.3 is 9.15 Å². The normalized spacial score (nSPS) is 10.0. The molecule has 1 aromatic heterocycles. The molecule has 1 heterocycles. The number of furan rings is 1. The number of methoxy groups -OCH3 is 1. The molecule has 0 N–H and O–H groups in total. The predicted octanol–water partition coefficient (Wildman–Crippen LogP) is 2.57. The third kappa shape index (κ3) is 3.87. The van der Waals surface area contributed by atoms with Crippen LogP contribution in [0.4, 0.5) is 0 Å². The number of hydrogen-bond acceptors (Lipinski definition) is 4. The number of carbonyl (C=O) groups is 2. The molecular weight excluding hydrogens is 264 g/mol. The molecular formula is C10H11BrO4. The molecule has 0 bridgehead atoms. The van der Waals surface area contributed by atoms with E-state index in [1.54, 1.807) is 6.07 Å². The van der Waals surface area contributed by atoms with E-state index in [-0.39, 0.29) is 24.6 Å². The predicted molar refractivity (Wildman–Crippen MR) is 56.6 cm³/mol. The Hall–Kier alpha value is -1.10. The fraction of sp³-hybridized carbons (Fsp3) is 0.400.